The predicted octanol–water partition coefficient (Wildman–Crippen LogP) is 2.92. The minimum absolute atomic E-state index is 0.172. The first-order chi connectivity index (χ1) is 11.2. The van der Waals surface area contributed by atoms with Crippen LogP contribution in [0.1, 0.15) is 11.1 Å². The van der Waals surface area contributed by atoms with Crippen LogP contribution in [0.3, 0.4) is 0 Å². The van der Waals surface area contributed by atoms with Crippen molar-refractivity contribution in [3.63, 3.8) is 0 Å². The minimum atomic E-state index is 0.172. The van der Waals surface area contributed by atoms with Crippen LogP contribution < -0.4 is 10.5 Å². The number of carbonyl (C=O) groups is 1. The van der Waals surface area contributed by atoms with Gasteiger partial charge in [0.15, 0.2) is 6.29 Å². The molecule has 0 saturated carbocycles. The number of aldehydes is 1. The van der Waals surface area contributed by atoms with Crippen LogP contribution in [0.15, 0.2) is 71.4 Å². The summed E-state index contributed by atoms with van der Waals surface area (Å²) in [6, 6.07) is 17.7. The molecule has 0 aliphatic carbocycles. The van der Waals surface area contributed by atoms with E-state index in [4.69, 9.17) is 10.5 Å². The van der Waals surface area contributed by atoms with E-state index in [1.807, 2.05) is 54.6 Å². The second-order valence-electron chi connectivity index (χ2n) is 5.08. The van der Waals surface area contributed by atoms with Crippen LogP contribution in [0.4, 0.5) is 0 Å². The third-order valence-electron chi connectivity index (χ3n) is 3.32. The summed E-state index contributed by atoms with van der Waals surface area (Å²) in [5, 5.41) is 0. The summed E-state index contributed by atoms with van der Waals surface area (Å²) in [4.78, 5) is 15.4. The third-order valence-corrected chi connectivity index (χ3v) is 3.32. The highest BCUT2D eigenvalue weighted by atomic mass is 16.5. The van der Waals surface area contributed by atoms with Gasteiger partial charge in [-0.15, -0.1) is 0 Å². The fourth-order valence-corrected chi connectivity index (χ4v) is 2.11. The lowest BCUT2D eigenvalue weighted by atomic mass is 10.1. The van der Waals surface area contributed by atoms with Crippen LogP contribution in [0, 0.1) is 0 Å². The Hall–Kier alpha value is -2.88. The topological polar surface area (TPSA) is 64.7 Å². The van der Waals surface area contributed by atoms with E-state index in [0.717, 1.165) is 22.6 Å². The van der Waals surface area contributed by atoms with Crippen molar-refractivity contribution in [3.8, 4) is 5.75 Å². The van der Waals surface area contributed by atoms with Gasteiger partial charge < -0.3 is 10.5 Å². The molecule has 0 amide bonds. The number of rotatable bonds is 7. The quantitative estimate of drug-likeness (QED) is 0.486. The molecule has 0 aromatic heterocycles. The molecule has 0 spiro atoms. The van der Waals surface area contributed by atoms with Crippen molar-refractivity contribution in [1.82, 2.24) is 0 Å². The van der Waals surface area contributed by atoms with Gasteiger partial charge in [0.1, 0.15) is 5.75 Å². The van der Waals surface area contributed by atoms with E-state index >= 15 is 0 Å². The van der Waals surface area contributed by atoms with Crippen molar-refractivity contribution in [1.29, 1.82) is 0 Å². The minimum Gasteiger partial charge on any atom is -0.497 e. The van der Waals surface area contributed by atoms with Crippen LogP contribution in [0.5, 0.6) is 5.75 Å². The molecule has 0 radical (unpaired) electrons. The number of hydrogen-bond donors (Lipinski definition) is 1. The zero-order valence-corrected chi connectivity index (χ0v) is 13.1. The zero-order valence-electron chi connectivity index (χ0n) is 13.1. The molecule has 0 saturated heterocycles. The highest BCUT2D eigenvalue weighted by Crippen LogP contribution is 2.13. The maximum absolute atomic E-state index is 10.8. The Morgan fingerprint density at radius 2 is 1.78 bits per heavy atom. The normalized spacial score (nSPS) is 12.0. The molecule has 23 heavy (non-hydrogen) atoms. The lowest BCUT2D eigenvalue weighted by Gasteiger charge is -2.05. The van der Waals surface area contributed by atoms with Crippen LogP contribution in [0.2, 0.25) is 0 Å². The Morgan fingerprint density at radius 3 is 2.39 bits per heavy atom. The number of ether oxygens (including phenoxy) is 1. The molecule has 2 N–H and O–H groups in total. The number of hydrogen-bond acceptors (Lipinski definition) is 4. The van der Waals surface area contributed by atoms with Crippen molar-refractivity contribution in [2.24, 2.45) is 10.7 Å². The van der Waals surface area contributed by atoms with Crippen molar-refractivity contribution < 1.29 is 9.53 Å². The first-order valence-electron chi connectivity index (χ1n) is 7.34. The highest BCUT2D eigenvalue weighted by Gasteiger charge is 2.02. The van der Waals surface area contributed by atoms with Gasteiger partial charge in [-0.25, -0.2) is 0 Å². The van der Waals surface area contributed by atoms with Gasteiger partial charge in [0, 0.05) is 12.1 Å². The van der Waals surface area contributed by atoms with Gasteiger partial charge in [-0.2, -0.15) is 0 Å². The van der Waals surface area contributed by atoms with Crippen LogP contribution >= 0.6 is 0 Å². The van der Waals surface area contributed by atoms with Crippen LogP contribution in [-0.2, 0) is 17.8 Å². The molecule has 2 aromatic carbocycles. The molecule has 0 fully saturated rings. The van der Waals surface area contributed by atoms with Gasteiger partial charge in [-0.3, -0.25) is 9.79 Å². The molecule has 118 valence electrons. The summed E-state index contributed by atoms with van der Waals surface area (Å²) >= 11 is 0. The van der Waals surface area contributed by atoms with Crippen molar-refractivity contribution in [2.75, 3.05) is 7.11 Å². The second-order valence-corrected chi connectivity index (χ2v) is 5.08. The van der Waals surface area contributed by atoms with Gasteiger partial charge in [0.25, 0.3) is 0 Å². The van der Waals surface area contributed by atoms with Crippen LogP contribution in [-0.4, -0.2) is 19.1 Å². The molecular weight excluding hydrogens is 288 g/mol. The van der Waals surface area contributed by atoms with Crippen molar-refractivity contribution >= 4 is 12.0 Å². The molecule has 0 heterocycles. The average molecular weight is 308 g/mol. The van der Waals surface area contributed by atoms with E-state index in [0.29, 0.717) is 19.3 Å². The maximum Gasteiger partial charge on any atom is 0.165 e. The number of aliphatic imine (C=N–C) groups is 1. The maximum atomic E-state index is 10.8. The fourth-order valence-electron chi connectivity index (χ4n) is 2.11. The lowest BCUT2D eigenvalue weighted by molar-refractivity contribution is -0.104. The number of methoxy groups -OCH3 is 1. The van der Waals surface area contributed by atoms with Crippen molar-refractivity contribution in [3.05, 3.63) is 77.5 Å². The van der Waals surface area contributed by atoms with E-state index < -0.39 is 0 Å². The lowest BCUT2D eigenvalue weighted by Crippen LogP contribution is -2.07. The third kappa shape index (κ3) is 5.43. The molecule has 0 unspecified atom stereocenters. The zero-order chi connectivity index (χ0) is 16.5. The smallest absolute Gasteiger partial charge is 0.165 e. The number of carbonyl (C=O) groups excluding carboxylic acids is 1. The van der Waals surface area contributed by atoms with E-state index in [-0.39, 0.29) is 5.70 Å². The highest BCUT2D eigenvalue weighted by molar-refractivity contribution is 6.00. The van der Waals surface area contributed by atoms with Gasteiger partial charge in [0.05, 0.1) is 19.4 Å². The molecule has 0 bridgehead atoms. The molecule has 2 aromatic rings. The Morgan fingerprint density at radius 1 is 1.09 bits per heavy atom. The average Bonchev–Trinajstić information content (AvgIpc) is 2.61. The van der Waals surface area contributed by atoms with E-state index in [1.165, 1.54) is 0 Å². The molecule has 0 aliphatic rings. The molecule has 4 nitrogen and oxygen atoms in total. The molecule has 4 heteroatoms. The van der Waals surface area contributed by atoms with Crippen LogP contribution in [0.25, 0.3) is 0 Å². The summed E-state index contributed by atoms with van der Waals surface area (Å²) in [5.41, 5.74) is 8.76. The summed E-state index contributed by atoms with van der Waals surface area (Å²) in [6.45, 7) is 0.551. The molecular formula is C19H20N2O2. The molecule has 0 aliphatic heterocycles. The first-order valence-corrected chi connectivity index (χ1v) is 7.34. The summed E-state index contributed by atoms with van der Waals surface area (Å²) in [7, 11) is 1.63. The Kier molecular flexibility index (Phi) is 6.12. The van der Waals surface area contributed by atoms with Gasteiger partial charge in [0.2, 0.25) is 0 Å². The number of nitrogens with two attached hydrogens (primary N) is 1. The Bertz CT molecular complexity index is 689. The standard InChI is InChI=1S/C19H20N2O2/c1-23-19-9-7-15(8-10-19)11-18(12-17(20)14-22)21-13-16-5-3-2-4-6-16/h2-10,12,14H,11,13,20H2,1H3. The second kappa shape index (κ2) is 8.54. The summed E-state index contributed by atoms with van der Waals surface area (Å²) in [5.74, 6) is 0.805. The van der Waals surface area contributed by atoms with E-state index in [2.05, 4.69) is 4.99 Å². The number of allylic oxidation sites excluding steroid dienone is 2. The van der Waals surface area contributed by atoms with E-state index in [1.54, 1.807) is 13.2 Å². The monoisotopic (exact) mass is 308 g/mol. The fraction of sp³-hybridized carbons (Fsp3) is 0.158. The van der Waals surface area contributed by atoms with Gasteiger partial charge >= 0.3 is 0 Å². The summed E-state index contributed by atoms with van der Waals surface area (Å²) in [6.07, 6.45) is 2.86. The molecule has 0 atom stereocenters. The Balaban J connectivity index is 2.17. The Labute approximate surface area is 136 Å². The van der Waals surface area contributed by atoms with Gasteiger partial charge in [-0.1, -0.05) is 42.5 Å². The van der Waals surface area contributed by atoms with Gasteiger partial charge in [-0.05, 0) is 29.3 Å². The number of benzene rings is 2. The van der Waals surface area contributed by atoms with Crippen molar-refractivity contribution in [2.45, 2.75) is 13.0 Å². The summed E-state index contributed by atoms with van der Waals surface area (Å²) < 4.78 is 5.15. The number of nitrogens with zero attached hydrogens (tertiary/aromatic N) is 1. The first kappa shape index (κ1) is 16.5. The predicted molar refractivity (Wildman–Crippen MR) is 92.6 cm³/mol. The van der Waals surface area contributed by atoms with E-state index in [9.17, 15) is 4.79 Å². The SMILES string of the molecule is COc1ccc(CC(C=C(N)C=O)=NCc2ccccc2)cc1. The largest absolute Gasteiger partial charge is 0.497 e. The molecule has 2 rings (SSSR count).